The summed E-state index contributed by atoms with van der Waals surface area (Å²) in [6, 6.07) is 14.2. The van der Waals surface area contributed by atoms with Crippen molar-refractivity contribution in [2.75, 3.05) is 17.6 Å². The zero-order chi connectivity index (χ0) is 16.2. The number of carbonyl (C=O) groups is 1. The number of carbonyl (C=O) groups excluding carboxylic acids is 1. The highest BCUT2D eigenvalue weighted by Gasteiger charge is 2.30. The molecule has 1 heterocycles. The van der Waals surface area contributed by atoms with E-state index in [1.165, 1.54) is 17.7 Å². The van der Waals surface area contributed by atoms with Gasteiger partial charge in [0.15, 0.2) is 0 Å². The van der Waals surface area contributed by atoms with Crippen LogP contribution < -0.4 is 5.32 Å². The van der Waals surface area contributed by atoms with Crippen LogP contribution in [0.4, 0.5) is 14.9 Å². The summed E-state index contributed by atoms with van der Waals surface area (Å²) < 4.78 is 13.4. The van der Waals surface area contributed by atoms with Crippen molar-refractivity contribution >= 4 is 23.5 Å². The van der Waals surface area contributed by atoms with Crippen molar-refractivity contribution in [3.63, 3.8) is 0 Å². The number of halogens is 1. The third-order valence-electron chi connectivity index (χ3n) is 3.90. The van der Waals surface area contributed by atoms with Gasteiger partial charge in [-0.15, -0.1) is 11.8 Å². The molecule has 1 N–H and O–H groups in total. The van der Waals surface area contributed by atoms with E-state index < -0.39 is 0 Å². The summed E-state index contributed by atoms with van der Waals surface area (Å²) >= 11 is 1.66. The molecular weight excluding hydrogens is 311 g/mol. The number of amides is 2. The predicted molar refractivity (Wildman–Crippen MR) is 93.1 cm³/mol. The summed E-state index contributed by atoms with van der Waals surface area (Å²) in [6.45, 7) is 2.75. The first kappa shape index (κ1) is 15.9. The summed E-state index contributed by atoms with van der Waals surface area (Å²) in [5.74, 6) is 0.578. The van der Waals surface area contributed by atoms with Crippen LogP contribution >= 0.6 is 11.8 Å². The van der Waals surface area contributed by atoms with Gasteiger partial charge < -0.3 is 10.2 Å². The lowest BCUT2D eigenvalue weighted by Gasteiger charge is -2.24. The smallest absolute Gasteiger partial charge is 0.308 e. The van der Waals surface area contributed by atoms with Crippen molar-refractivity contribution < 1.29 is 9.18 Å². The molecule has 0 spiro atoms. The van der Waals surface area contributed by atoms with Crippen LogP contribution in [0.15, 0.2) is 48.5 Å². The third kappa shape index (κ3) is 3.67. The number of rotatable bonds is 3. The second-order valence-corrected chi connectivity index (χ2v) is 6.64. The number of benzene rings is 2. The number of nitrogens with one attached hydrogen (secondary N) is 1. The molecule has 3 nitrogen and oxygen atoms in total. The van der Waals surface area contributed by atoms with Crippen molar-refractivity contribution in [2.45, 2.75) is 18.7 Å². The minimum atomic E-state index is -0.273. The van der Waals surface area contributed by atoms with Gasteiger partial charge in [-0.1, -0.05) is 31.2 Å². The number of urea groups is 1. The molecule has 1 atom stereocenters. The molecule has 0 saturated carbocycles. The van der Waals surface area contributed by atoms with Gasteiger partial charge in [0.1, 0.15) is 11.2 Å². The second kappa shape index (κ2) is 7.04. The summed E-state index contributed by atoms with van der Waals surface area (Å²) in [7, 11) is 0. The van der Waals surface area contributed by atoms with Crippen molar-refractivity contribution in [2.24, 2.45) is 0 Å². The van der Waals surface area contributed by atoms with Gasteiger partial charge in [0.05, 0.1) is 0 Å². The first-order valence-electron chi connectivity index (χ1n) is 7.71. The normalized spacial score (nSPS) is 17.3. The molecule has 0 unspecified atom stereocenters. The van der Waals surface area contributed by atoms with Crippen LogP contribution in [0.1, 0.15) is 23.4 Å². The summed E-state index contributed by atoms with van der Waals surface area (Å²) in [5.41, 5.74) is 2.84. The lowest BCUT2D eigenvalue weighted by Crippen LogP contribution is -2.34. The maximum Gasteiger partial charge on any atom is 0.323 e. The fraction of sp³-hybridized carbons (Fsp3) is 0.278. The quantitative estimate of drug-likeness (QED) is 0.887. The number of anilines is 1. The molecule has 1 saturated heterocycles. The zero-order valence-electron chi connectivity index (χ0n) is 13.0. The Morgan fingerprint density at radius 1 is 1.30 bits per heavy atom. The molecular formula is C18H19FN2OS. The highest BCUT2D eigenvalue weighted by Crippen LogP contribution is 2.38. The highest BCUT2D eigenvalue weighted by atomic mass is 32.2. The Morgan fingerprint density at radius 2 is 2.09 bits per heavy atom. The van der Waals surface area contributed by atoms with Crippen LogP contribution in [0, 0.1) is 5.82 Å². The van der Waals surface area contributed by atoms with Crippen LogP contribution in [0.5, 0.6) is 0 Å². The van der Waals surface area contributed by atoms with Crippen LogP contribution in [-0.4, -0.2) is 23.2 Å². The van der Waals surface area contributed by atoms with Gasteiger partial charge in [-0.2, -0.15) is 0 Å². The van der Waals surface area contributed by atoms with Gasteiger partial charge in [0.25, 0.3) is 0 Å². The van der Waals surface area contributed by atoms with Crippen molar-refractivity contribution in [1.29, 1.82) is 0 Å². The van der Waals surface area contributed by atoms with E-state index in [2.05, 4.69) is 12.2 Å². The highest BCUT2D eigenvalue weighted by molar-refractivity contribution is 7.99. The molecule has 0 aromatic heterocycles. The van der Waals surface area contributed by atoms with Gasteiger partial charge >= 0.3 is 6.03 Å². The Morgan fingerprint density at radius 3 is 2.78 bits per heavy atom. The first-order chi connectivity index (χ1) is 11.2. The topological polar surface area (TPSA) is 32.3 Å². The number of nitrogens with zero attached hydrogens (tertiary/aromatic N) is 1. The molecule has 1 aliphatic rings. The molecule has 2 amide bonds. The van der Waals surface area contributed by atoms with Crippen LogP contribution in [0.25, 0.3) is 0 Å². The molecule has 2 aromatic rings. The van der Waals surface area contributed by atoms with Gasteiger partial charge in [0, 0.05) is 18.0 Å². The van der Waals surface area contributed by atoms with Gasteiger partial charge in [-0.3, -0.25) is 0 Å². The Kier molecular flexibility index (Phi) is 4.86. The maximum atomic E-state index is 13.4. The van der Waals surface area contributed by atoms with Crippen LogP contribution in [-0.2, 0) is 6.42 Å². The molecule has 5 heteroatoms. The van der Waals surface area contributed by atoms with Gasteiger partial charge in [0.2, 0.25) is 0 Å². The van der Waals surface area contributed by atoms with Crippen LogP contribution in [0.2, 0.25) is 0 Å². The van der Waals surface area contributed by atoms with E-state index in [0.29, 0.717) is 6.54 Å². The van der Waals surface area contributed by atoms with Crippen molar-refractivity contribution in [3.8, 4) is 0 Å². The largest absolute Gasteiger partial charge is 0.323 e. The summed E-state index contributed by atoms with van der Waals surface area (Å²) in [5, 5.41) is 2.79. The predicted octanol–water partition coefficient (Wildman–Crippen LogP) is 4.67. The lowest BCUT2D eigenvalue weighted by atomic mass is 10.1. The molecule has 120 valence electrons. The summed E-state index contributed by atoms with van der Waals surface area (Å²) in [4.78, 5) is 14.3. The lowest BCUT2D eigenvalue weighted by molar-refractivity contribution is 0.214. The van der Waals surface area contributed by atoms with Gasteiger partial charge in [-0.25, -0.2) is 9.18 Å². The molecule has 0 radical (unpaired) electrons. The van der Waals surface area contributed by atoms with Crippen molar-refractivity contribution in [1.82, 2.24) is 4.90 Å². The standard InChI is InChI=1S/C18H19FN2OS/c1-2-13-6-8-16(9-7-13)20-18(22)21-10-11-23-17(21)14-4-3-5-15(19)12-14/h3-9,12,17H,2,10-11H2,1H3,(H,20,22)/t17-/m0/s1. The van der Waals surface area contributed by atoms with E-state index >= 15 is 0 Å². The fourth-order valence-corrected chi connectivity index (χ4v) is 3.88. The minimum Gasteiger partial charge on any atom is -0.308 e. The van der Waals surface area contributed by atoms with E-state index in [1.54, 1.807) is 22.7 Å². The molecule has 2 aromatic carbocycles. The Labute approximate surface area is 139 Å². The maximum absolute atomic E-state index is 13.4. The SMILES string of the molecule is CCc1ccc(NC(=O)N2CCS[C@H]2c2cccc(F)c2)cc1. The number of hydrogen-bond acceptors (Lipinski definition) is 2. The van der Waals surface area contributed by atoms with E-state index in [1.807, 2.05) is 30.3 Å². The number of aryl methyl sites for hydroxylation is 1. The minimum absolute atomic E-state index is 0.138. The van der Waals surface area contributed by atoms with E-state index in [4.69, 9.17) is 0 Å². The molecule has 1 fully saturated rings. The Bertz CT molecular complexity index is 690. The Balaban J connectivity index is 1.72. The summed E-state index contributed by atoms with van der Waals surface area (Å²) in [6.07, 6.45) is 0.971. The van der Waals surface area contributed by atoms with Gasteiger partial charge in [-0.05, 0) is 41.8 Å². The van der Waals surface area contributed by atoms with E-state index in [-0.39, 0.29) is 17.2 Å². The second-order valence-electron chi connectivity index (χ2n) is 5.45. The first-order valence-corrected chi connectivity index (χ1v) is 8.76. The van der Waals surface area contributed by atoms with E-state index in [0.717, 1.165) is 23.4 Å². The van der Waals surface area contributed by atoms with Crippen molar-refractivity contribution in [3.05, 3.63) is 65.5 Å². The molecule has 1 aliphatic heterocycles. The number of hydrogen-bond donors (Lipinski definition) is 1. The van der Waals surface area contributed by atoms with E-state index in [9.17, 15) is 9.18 Å². The number of thioether (sulfide) groups is 1. The fourth-order valence-electron chi connectivity index (χ4n) is 2.63. The van der Waals surface area contributed by atoms with Crippen LogP contribution in [0.3, 0.4) is 0 Å². The Hall–Kier alpha value is -2.01. The molecule has 0 bridgehead atoms. The average molecular weight is 330 g/mol. The molecule has 0 aliphatic carbocycles. The zero-order valence-corrected chi connectivity index (χ0v) is 13.8. The monoisotopic (exact) mass is 330 g/mol. The average Bonchev–Trinajstić information content (AvgIpc) is 3.05. The molecule has 3 rings (SSSR count). The third-order valence-corrected chi connectivity index (χ3v) is 5.16. The molecule has 23 heavy (non-hydrogen) atoms.